The van der Waals surface area contributed by atoms with Gasteiger partial charge in [0.1, 0.15) is 11.4 Å². The Morgan fingerprint density at radius 3 is 2.74 bits per heavy atom. The molecule has 1 saturated heterocycles. The van der Waals surface area contributed by atoms with Crippen LogP contribution in [0.25, 0.3) is 0 Å². The van der Waals surface area contributed by atoms with Crippen LogP contribution in [0.1, 0.15) is 25.8 Å². The molecule has 6 heteroatoms. The molecule has 3 amide bonds. The minimum absolute atomic E-state index is 0.0203. The molecule has 1 aliphatic heterocycles. The van der Waals surface area contributed by atoms with Crippen molar-refractivity contribution in [2.75, 3.05) is 0 Å². The van der Waals surface area contributed by atoms with E-state index in [1.165, 1.54) is 17.0 Å². The maximum Gasteiger partial charge on any atom is 0.325 e. The van der Waals surface area contributed by atoms with Crippen molar-refractivity contribution in [3.63, 3.8) is 0 Å². The SMILES string of the molecule is CCC1(C)C(=O)NC(=O)N1Cc1cccc(F)c1Cl. The van der Waals surface area contributed by atoms with Crippen molar-refractivity contribution in [1.82, 2.24) is 10.2 Å². The van der Waals surface area contributed by atoms with Crippen LogP contribution in [0.15, 0.2) is 18.2 Å². The van der Waals surface area contributed by atoms with Crippen molar-refractivity contribution in [3.8, 4) is 0 Å². The van der Waals surface area contributed by atoms with Crippen LogP contribution in [0, 0.1) is 5.82 Å². The van der Waals surface area contributed by atoms with Crippen LogP contribution >= 0.6 is 11.6 Å². The lowest BCUT2D eigenvalue weighted by Gasteiger charge is -2.31. The van der Waals surface area contributed by atoms with Crippen LogP contribution in [-0.4, -0.2) is 22.4 Å². The molecule has 1 atom stereocenters. The highest BCUT2D eigenvalue weighted by Crippen LogP contribution is 2.29. The zero-order valence-electron chi connectivity index (χ0n) is 10.7. The summed E-state index contributed by atoms with van der Waals surface area (Å²) in [5, 5.41) is 2.25. The summed E-state index contributed by atoms with van der Waals surface area (Å²) in [5.74, 6) is -0.879. The molecule has 0 radical (unpaired) electrons. The van der Waals surface area contributed by atoms with Crippen LogP contribution in [0.2, 0.25) is 5.02 Å². The van der Waals surface area contributed by atoms with Crippen molar-refractivity contribution >= 4 is 23.5 Å². The number of urea groups is 1. The molecule has 0 aromatic heterocycles. The van der Waals surface area contributed by atoms with Crippen molar-refractivity contribution in [2.24, 2.45) is 0 Å². The number of hydrogen-bond donors (Lipinski definition) is 1. The standard InChI is InChI=1S/C13H14ClFN2O2/c1-3-13(2)11(18)16-12(19)17(13)7-8-5-4-6-9(15)10(8)14/h4-6H,3,7H2,1-2H3,(H,16,18,19). The lowest BCUT2D eigenvalue weighted by Crippen LogP contribution is -2.46. The molecule has 102 valence electrons. The van der Waals surface area contributed by atoms with E-state index >= 15 is 0 Å². The fraction of sp³-hybridized carbons (Fsp3) is 0.385. The molecule has 0 bridgehead atoms. The Bertz CT molecular complexity index is 549. The Hall–Kier alpha value is -1.62. The summed E-state index contributed by atoms with van der Waals surface area (Å²) < 4.78 is 13.4. The van der Waals surface area contributed by atoms with Crippen molar-refractivity contribution in [3.05, 3.63) is 34.6 Å². The fourth-order valence-corrected chi connectivity index (χ4v) is 2.27. The predicted molar refractivity (Wildman–Crippen MR) is 69.2 cm³/mol. The van der Waals surface area contributed by atoms with Crippen LogP contribution in [0.5, 0.6) is 0 Å². The van der Waals surface area contributed by atoms with Crippen molar-refractivity contribution < 1.29 is 14.0 Å². The molecule has 0 spiro atoms. The molecule has 1 fully saturated rings. The second-order valence-electron chi connectivity index (χ2n) is 4.69. The Balaban J connectivity index is 2.34. The highest BCUT2D eigenvalue weighted by atomic mass is 35.5. The van der Waals surface area contributed by atoms with Gasteiger partial charge in [-0.1, -0.05) is 30.7 Å². The first-order chi connectivity index (χ1) is 8.90. The molecular formula is C13H14ClFN2O2. The summed E-state index contributed by atoms with van der Waals surface area (Å²) in [6.07, 6.45) is 0.470. The molecule has 1 aliphatic rings. The molecule has 4 nitrogen and oxygen atoms in total. The first-order valence-electron chi connectivity index (χ1n) is 5.96. The van der Waals surface area contributed by atoms with Crippen LogP contribution < -0.4 is 5.32 Å². The minimum Gasteiger partial charge on any atom is -0.306 e. The summed E-state index contributed by atoms with van der Waals surface area (Å²) in [6.45, 7) is 3.59. The van der Waals surface area contributed by atoms with Crippen LogP contribution in [0.4, 0.5) is 9.18 Å². The Labute approximate surface area is 115 Å². The second kappa shape index (κ2) is 4.81. The Morgan fingerprint density at radius 1 is 1.42 bits per heavy atom. The number of imide groups is 1. The number of carbonyl (C=O) groups excluding carboxylic acids is 2. The number of nitrogens with zero attached hydrogens (tertiary/aromatic N) is 1. The predicted octanol–water partition coefficient (Wildman–Crippen LogP) is 2.70. The normalized spacial score (nSPS) is 22.8. The Kier molecular flexibility index (Phi) is 3.49. The Morgan fingerprint density at radius 2 is 2.11 bits per heavy atom. The lowest BCUT2D eigenvalue weighted by atomic mass is 9.97. The van der Waals surface area contributed by atoms with E-state index in [-0.39, 0.29) is 17.5 Å². The number of hydrogen-bond acceptors (Lipinski definition) is 2. The third-order valence-corrected chi connectivity index (χ3v) is 4.02. The number of rotatable bonds is 3. The molecule has 19 heavy (non-hydrogen) atoms. The van der Waals surface area contributed by atoms with Gasteiger partial charge in [-0.3, -0.25) is 10.1 Å². The van der Waals surface area contributed by atoms with E-state index in [1.54, 1.807) is 13.0 Å². The summed E-state index contributed by atoms with van der Waals surface area (Å²) >= 11 is 5.87. The zero-order valence-corrected chi connectivity index (χ0v) is 11.4. The van der Waals surface area contributed by atoms with Gasteiger partial charge in [0.15, 0.2) is 0 Å². The summed E-state index contributed by atoms with van der Waals surface area (Å²) in [7, 11) is 0. The van der Waals surface area contributed by atoms with E-state index < -0.39 is 17.4 Å². The van der Waals surface area contributed by atoms with Crippen molar-refractivity contribution in [2.45, 2.75) is 32.4 Å². The molecule has 0 aliphatic carbocycles. The molecule has 1 heterocycles. The fourth-order valence-electron chi connectivity index (χ4n) is 2.08. The first kappa shape index (κ1) is 13.8. The quantitative estimate of drug-likeness (QED) is 0.868. The maximum atomic E-state index is 13.4. The topological polar surface area (TPSA) is 49.4 Å². The number of amides is 3. The van der Waals surface area contributed by atoms with Gasteiger partial charge in [0, 0.05) is 0 Å². The van der Waals surface area contributed by atoms with Gasteiger partial charge in [0.2, 0.25) is 0 Å². The van der Waals surface area contributed by atoms with E-state index in [0.717, 1.165) is 0 Å². The minimum atomic E-state index is -0.924. The molecule has 0 saturated carbocycles. The number of nitrogens with one attached hydrogen (secondary N) is 1. The number of benzene rings is 1. The van der Waals surface area contributed by atoms with Gasteiger partial charge in [0.05, 0.1) is 11.6 Å². The summed E-state index contributed by atoms with van der Waals surface area (Å²) in [4.78, 5) is 25.0. The van der Waals surface area contributed by atoms with E-state index in [0.29, 0.717) is 12.0 Å². The van der Waals surface area contributed by atoms with Gasteiger partial charge in [0.25, 0.3) is 5.91 Å². The molecule has 1 unspecified atom stereocenters. The third-order valence-electron chi connectivity index (χ3n) is 3.60. The van der Waals surface area contributed by atoms with E-state index in [1.807, 2.05) is 6.92 Å². The van der Waals surface area contributed by atoms with E-state index in [4.69, 9.17) is 11.6 Å². The van der Waals surface area contributed by atoms with Crippen LogP contribution in [-0.2, 0) is 11.3 Å². The molecule has 1 aromatic rings. The van der Waals surface area contributed by atoms with Gasteiger partial charge < -0.3 is 4.90 Å². The lowest BCUT2D eigenvalue weighted by molar-refractivity contribution is -0.126. The average molecular weight is 285 g/mol. The molecular weight excluding hydrogens is 271 g/mol. The van der Waals surface area contributed by atoms with E-state index in [2.05, 4.69) is 5.32 Å². The van der Waals surface area contributed by atoms with Gasteiger partial charge in [-0.2, -0.15) is 0 Å². The average Bonchev–Trinajstić information content (AvgIpc) is 2.59. The number of halogens is 2. The highest BCUT2D eigenvalue weighted by molar-refractivity contribution is 6.31. The van der Waals surface area contributed by atoms with Crippen LogP contribution in [0.3, 0.4) is 0 Å². The second-order valence-corrected chi connectivity index (χ2v) is 5.06. The first-order valence-corrected chi connectivity index (χ1v) is 6.34. The summed E-state index contributed by atoms with van der Waals surface area (Å²) in [5.41, 5.74) is -0.446. The largest absolute Gasteiger partial charge is 0.325 e. The zero-order chi connectivity index (χ0) is 14.2. The van der Waals surface area contributed by atoms with Gasteiger partial charge in [-0.05, 0) is 25.0 Å². The molecule has 1 aromatic carbocycles. The highest BCUT2D eigenvalue weighted by Gasteiger charge is 2.47. The molecule has 2 rings (SSSR count). The van der Waals surface area contributed by atoms with Crippen molar-refractivity contribution in [1.29, 1.82) is 0 Å². The van der Waals surface area contributed by atoms with Gasteiger partial charge >= 0.3 is 6.03 Å². The smallest absolute Gasteiger partial charge is 0.306 e. The monoisotopic (exact) mass is 284 g/mol. The van der Waals surface area contributed by atoms with E-state index in [9.17, 15) is 14.0 Å². The maximum absolute atomic E-state index is 13.4. The van der Waals surface area contributed by atoms with Gasteiger partial charge in [-0.25, -0.2) is 9.18 Å². The number of carbonyl (C=O) groups is 2. The molecule has 1 N–H and O–H groups in total. The van der Waals surface area contributed by atoms with Gasteiger partial charge in [-0.15, -0.1) is 0 Å². The summed E-state index contributed by atoms with van der Waals surface area (Å²) in [6, 6.07) is 3.93. The third kappa shape index (κ3) is 2.18.